The van der Waals surface area contributed by atoms with Gasteiger partial charge in [-0.25, -0.2) is 4.79 Å². The number of hydrogen-bond donors (Lipinski definition) is 2. The van der Waals surface area contributed by atoms with Gasteiger partial charge in [-0.1, -0.05) is 13.3 Å². The number of carbonyl (C=O) groups is 2. The summed E-state index contributed by atoms with van der Waals surface area (Å²) in [7, 11) is 0. The zero-order valence-electron chi connectivity index (χ0n) is 9.47. The highest BCUT2D eigenvalue weighted by Gasteiger charge is 2.15. The first-order valence-corrected chi connectivity index (χ1v) is 5.31. The van der Waals surface area contributed by atoms with Crippen molar-refractivity contribution < 1.29 is 24.2 Å². The molecule has 1 aromatic rings. The largest absolute Gasteiger partial charge is 0.502 e. The van der Waals surface area contributed by atoms with E-state index in [0.717, 1.165) is 18.4 Å². The molecule has 5 heteroatoms. The second-order valence-corrected chi connectivity index (χ2v) is 3.58. The van der Waals surface area contributed by atoms with Crippen LogP contribution in [0.3, 0.4) is 0 Å². The van der Waals surface area contributed by atoms with Crippen LogP contribution < -0.4 is 0 Å². The summed E-state index contributed by atoms with van der Waals surface area (Å²) < 4.78 is 5.01. The van der Waals surface area contributed by atoms with Gasteiger partial charge in [-0.2, -0.15) is 0 Å². The van der Waals surface area contributed by atoms with Crippen molar-refractivity contribution in [3.8, 4) is 0 Å². The molecule has 2 N–H and O–H groups in total. The summed E-state index contributed by atoms with van der Waals surface area (Å²) >= 11 is 0. The number of ketones is 1. The van der Waals surface area contributed by atoms with Crippen molar-refractivity contribution in [2.24, 2.45) is 0 Å². The fraction of sp³-hybridized carbons (Fsp3) is 0.333. The van der Waals surface area contributed by atoms with Crippen LogP contribution in [0.15, 0.2) is 28.6 Å². The molecule has 0 bridgehead atoms. The maximum atomic E-state index is 11.6. The van der Waals surface area contributed by atoms with E-state index in [4.69, 9.17) is 14.6 Å². The summed E-state index contributed by atoms with van der Waals surface area (Å²) in [6.45, 7) is 2.03. The lowest BCUT2D eigenvalue weighted by Gasteiger charge is -1.98. The van der Waals surface area contributed by atoms with Crippen molar-refractivity contribution in [3.05, 3.63) is 35.5 Å². The van der Waals surface area contributed by atoms with E-state index < -0.39 is 17.5 Å². The highest BCUT2D eigenvalue weighted by Crippen LogP contribution is 2.15. The SMILES string of the molecule is CCCCc1ccoc1C(=O)/C=C(\O)C(=O)O. The number of aliphatic hydroxyl groups excluding tert-OH is 1. The molecule has 0 aliphatic rings. The van der Waals surface area contributed by atoms with Crippen LogP contribution in [0.5, 0.6) is 0 Å². The van der Waals surface area contributed by atoms with E-state index in [2.05, 4.69) is 0 Å². The van der Waals surface area contributed by atoms with Crippen molar-refractivity contribution >= 4 is 11.8 Å². The molecule has 92 valence electrons. The third-order valence-corrected chi connectivity index (χ3v) is 2.26. The molecule has 0 amide bonds. The van der Waals surface area contributed by atoms with E-state index in [-0.39, 0.29) is 5.76 Å². The maximum absolute atomic E-state index is 11.6. The molecule has 0 fully saturated rings. The molecule has 0 atom stereocenters. The minimum atomic E-state index is -1.54. The number of aliphatic carboxylic acids is 1. The van der Waals surface area contributed by atoms with E-state index in [0.29, 0.717) is 12.5 Å². The average molecular weight is 238 g/mol. The number of aliphatic hydroxyl groups is 1. The number of carboxylic acid groups (broad SMARTS) is 1. The van der Waals surface area contributed by atoms with Crippen LogP contribution in [0.25, 0.3) is 0 Å². The van der Waals surface area contributed by atoms with Gasteiger partial charge in [0.25, 0.3) is 0 Å². The second kappa shape index (κ2) is 5.89. The van der Waals surface area contributed by atoms with Gasteiger partial charge in [-0.05, 0) is 18.9 Å². The highest BCUT2D eigenvalue weighted by atomic mass is 16.4. The Hall–Kier alpha value is -2.04. The number of hydrogen-bond acceptors (Lipinski definition) is 4. The molecular weight excluding hydrogens is 224 g/mol. The first-order chi connectivity index (χ1) is 8.06. The third-order valence-electron chi connectivity index (χ3n) is 2.26. The number of carbonyl (C=O) groups excluding carboxylic acids is 1. The Morgan fingerprint density at radius 1 is 1.41 bits per heavy atom. The summed E-state index contributed by atoms with van der Waals surface area (Å²) in [5, 5.41) is 17.4. The van der Waals surface area contributed by atoms with Crippen molar-refractivity contribution in [2.75, 3.05) is 0 Å². The molecule has 0 aliphatic heterocycles. The highest BCUT2D eigenvalue weighted by molar-refractivity contribution is 6.06. The second-order valence-electron chi connectivity index (χ2n) is 3.58. The van der Waals surface area contributed by atoms with Crippen LogP contribution in [0.1, 0.15) is 35.9 Å². The maximum Gasteiger partial charge on any atom is 0.371 e. The van der Waals surface area contributed by atoms with Gasteiger partial charge in [0.2, 0.25) is 11.5 Å². The molecule has 0 saturated carbocycles. The predicted octanol–water partition coefficient (Wildman–Crippen LogP) is 2.33. The monoisotopic (exact) mass is 238 g/mol. The summed E-state index contributed by atoms with van der Waals surface area (Å²) in [6.07, 6.45) is 4.61. The van der Waals surface area contributed by atoms with Gasteiger partial charge in [0.1, 0.15) is 0 Å². The van der Waals surface area contributed by atoms with Crippen LogP contribution in [0, 0.1) is 0 Å². The molecule has 0 saturated heterocycles. The van der Waals surface area contributed by atoms with Gasteiger partial charge in [0.15, 0.2) is 5.76 Å². The number of unbranched alkanes of at least 4 members (excludes halogenated alkanes) is 1. The molecule has 0 unspecified atom stereocenters. The lowest BCUT2D eigenvalue weighted by molar-refractivity contribution is -0.135. The quantitative estimate of drug-likeness (QED) is 0.451. The Kier molecular flexibility index (Phi) is 4.51. The van der Waals surface area contributed by atoms with Gasteiger partial charge in [0.05, 0.1) is 6.26 Å². The average Bonchev–Trinajstić information content (AvgIpc) is 2.74. The van der Waals surface area contributed by atoms with Crippen molar-refractivity contribution in [2.45, 2.75) is 26.2 Å². The van der Waals surface area contributed by atoms with Crippen LogP contribution >= 0.6 is 0 Å². The lowest BCUT2D eigenvalue weighted by Crippen LogP contribution is -2.04. The van der Waals surface area contributed by atoms with E-state index in [1.807, 2.05) is 6.92 Å². The zero-order valence-corrected chi connectivity index (χ0v) is 9.47. The van der Waals surface area contributed by atoms with Gasteiger partial charge < -0.3 is 14.6 Å². The lowest BCUT2D eigenvalue weighted by atomic mass is 10.1. The van der Waals surface area contributed by atoms with E-state index in [1.165, 1.54) is 6.26 Å². The normalized spacial score (nSPS) is 11.5. The molecule has 5 nitrogen and oxygen atoms in total. The zero-order chi connectivity index (χ0) is 12.8. The minimum absolute atomic E-state index is 0.0891. The van der Waals surface area contributed by atoms with E-state index in [9.17, 15) is 9.59 Å². The Labute approximate surface area is 98.4 Å². The topological polar surface area (TPSA) is 87.7 Å². The molecule has 1 rings (SSSR count). The smallest absolute Gasteiger partial charge is 0.371 e. The first kappa shape index (κ1) is 13.0. The Balaban J connectivity index is 2.86. The Morgan fingerprint density at radius 2 is 2.12 bits per heavy atom. The van der Waals surface area contributed by atoms with Crippen LogP contribution in [0.4, 0.5) is 0 Å². The third kappa shape index (κ3) is 3.48. The van der Waals surface area contributed by atoms with Crippen molar-refractivity contribution in [1.82, 2.24) is 0 Å². The molecule has 1 aromatic heterocycles. The fourth-order valence-electron chi connectivity index (χ4n) is 1.37. The number of allylic oxidation sites excluding steroid dienone is 1. The minimum Gasteiger partial charge on any atom is -0.502 e. The summed E-state index contributed by atoms with van der Waals surface area (Å²) in [6, 6.07) is 1.68. The molecule has 0 aromatic carbocycles. The summed E-state index contributed by atoms with van der Waals surface area (Å²) in [5.74, 6) is -3.08. The number of carboxylic acids is 1. The first-order valence-electron chi connectivity index (χ1n) is 5.31. The van der Waals surface area contributed by atoms with Crippen molar-refractivity contribution in [1.29, 1.82) is 0 Å². The standard InChI is InChI=1S/C12H14O5/c1-2-3-4-8-5-6-17-11(8)9(13)7-10(14)12(15)16/h5-7,14H,2-4H2,1H3,(H,15,16)/b10-7-. The summed E-state index contributed by atoms with van der Waals surface area (Å²) in [5.41, 5.74) is 0.728. The van der Waals surface area contributed by atoms with Crippen molar-refractivity contribution in [3.63, 3.8) is 0 Å². The molecule has 1 heterocycles. The van der Waals surface area contributed by atoms with E-state index >= 15 is 0 Å². The van der Waals surface area contributed by atoms with E-state index in [1.54, 1.807) is 6.07 Å². The summed E-state index contributed by atoms with van der Waals surface area (Å²) in [4.78, 5) is 22.0. The molecule has 17 heavy (non-hydrogen) atoms. The fourth-order valence-corrected chi connectivity index (χ4v) is 1.37. The van der Waals surface area contributed by atoms with Crippen LogP contribution in [-0.2, 0) is 11.2 Å². The molecular formula is C12H14O5. The Morgan fingerprint density at radius 3 is 2.71 bits per heavy atom. The Bertz CT molecular complexity index is 442. The number of furan rings is 1. The van der Waals surface area contributed by atoms with Gasteiger partial charge in [-0.3, -0.25) is 4.79 Å². The van der Waals surface area contributed by atoms with Gasteiger partial charge in [0, 0.05) is 11.6 Å². The van der Waals surface area contributed by atoms with Gasteiger partial charge >= 0.3 is 5.97 Å². The molecule has 0 radical (unpaired) electrons. The van der Waals surface area contributed by atoms with Gasteiger partial charge in [-0.15, -0.1) is 0 Å². The van der Waals surface area contributed by atoms with Crippen LogP contribution in [0.2, 0.25) is 0 Å². The predicted molar refractivity (Wildman–Crippen MR) is 60.0 cm³/mol. The number of rotatable bonds is 6. The number of aryl methyl sites for hydroxylation is 1. The molecule has 0 aliphatic carbocycles. The van der Waals surface area contributed by atoms with Crippen LogP contribution in [-0.4, -0.2) is 22.0 Å². The molecule has 0 spiro atoms.